The molecular formula is C18H17BrN2O2. The van der Waals surface area contributed by atoms with Crippen LogP contribution in [-0.2, 0) is 6.54 Å². The van der Waals surface area contributed by atoms with E-state index in [1.165, 1.54) is 0 Å². The van der Waals surface area contributed by atoms with Crippen LogP contribution in [0.5, 0.6) is 11.5 Å². The minimum absolute atomic E-state index is 0.617. The maximum Gasteiger partial charge on any atom is 0.134 e. The minimum Gasteiger partial charge on any atom is -0.497 e. The zero-order chi connectivity index (χ0) is 16.2. The molecule has 0 unspecified atom stereocenters. The Balaban J connectivity index is 1.88. The van der Waals surface area contributed by atoms with E-state index in [4.69, 9.17) is 9.47 Å². The predicted octanol–water partition coefficient (Wildman–Crippen LogP) is 4.63. The number of methoxy groups -OCH3 is 2. The van der Waals surface area contributed by atoms with Crippen LogP contribution in [0.15, 0.2) is 53.1 Å². The van der Waals surface area contributed by atoms with E-state index < -0.39 is 0 Å². The lowest BCUT2D eigenvalue weighted by molar-refractivity contribution is 0.391. The number of anilines is 1. The minimum atomic E-state index is 0.617. The first-order chi connectivity index (χ1) is 11.2. The molecule has 2 aromatic carbocycles. The normalized spacial score (nSPS) is 10.6. The van der Waals surface area contributed by atoms with Gasteiger partial charge in [0.2, 0.25) is 0 Å². The molecule has 4 nitrogen and oxygen atoms in total. The number of hydrogen-bond acceptors (Lipinski definition) is 4. The fourth-order valence-electron chi connectivity index (χ4n) is 2.46. The van der Waals surface area contributed by atoms with E-state index in [-0.39, 0.29) is 0 Å². The Bertz CT molecular complexity index is 836. The molecule has 0 spiro atoms. The van der Waals surface area contributed by atoms with Crippen molar-refractivity contribution in [3.8, 4) is 11.5 Å². The van der Waals surface area contributed by atoms with Crippen molar-refractivity contribution in [1.82, 2.24) is 4.98 Å². The van der Waals surface area contributed by atoms with Crippen molar-refractivity contribution < 1.29 is 9.47 Å². The first-order valence-electron chi connectivity index (χ1n) is 7.20. The second-order valence-electron chi connectivity index (χ2n) is 5.06. The highest BCUT2D eigenvalue weighted by Crippen LogP contribution is 2.28. The number of fused-ring (bicyclic) bond motifs is 1. The molecule has 0 aliphatic heterocycles. The van der Waals surface area contributed by atoms with Gasteiger partial charge in [0.15, 0.2) is 0 Å². The largest absolute Gasteiger partial charge is 0.497 e. The smallest absolute Gasteiger partial charge is 0.134 e. The molecular weight excluding hydrogens is 356 g/mol. The standard InChI is InChI=1S/C18H17BrN2O2/c1-22-15-6-4-13(17(10-15)23-2)11-21-18-16-9-14(19)5-3-12(16)7-8-20-18/h3-10H,11H2,1-2H3,(H,20,21). The molecule has 0 radical (unpaired) electrons. The lowest BCUT2D eigenvalue weighted by Gasteiger charge is -2.13. The van der Waals surface area contributed by atoms with E-state index in [9.17, 15) is 0 Å². The number of rotatable bonds is 5. The summed E-state index contributed by atoms with van der Waals surface area (Å²) in [6.45, 7) is 0.617. The zero-order valence-corrected chi connectivity index (χ0v) is 14.6. The summed E-state index contributed by atoms with van der Waals surface area (Å²) in [6, 6.07) is 14.0. The van der Waals surface area contributed by atoms with Crippen molar-refractivity contribution in [2.45, 2.75) is 6.54 Å². The highest BCUT2D eigenvalue weighted by Gasteiger charge is 2.07. The lowest BCUT2D eigenvalue weighted by Crippen LogP contribution is -2.04. The van der Waals surface area contributed by atoms with Gasteiger partial charge >= 0.3 is 0 Å². The van der Waals surface area contributed by atoms with Gasteiger partial charge in [-0.2, -0.15) is 0 Å². The van der Waals surface area contributed by atoms with Gasteiger partial charge in [-0.3, -0.25) is 0 Å². The Labute approximate surface area is 143 Å². The zero-order valence-electron chi connectivity index (χ0n) is 13.0. The number of benzene rings is 2. The summed E-state index contributed by atoms with van der Waals surface area (Å²) in [7, 11) is 3.30. The quantitative estimate of drug-likeness (QED) is 0.709. The third-order valence-electron chi connectivity index (χ3n) is 3.67. The third kappa shape index (κ3) is 3.40. The molecule has 118 valence electrons. The second-order valence-corrected chi connectivity index (χ2v) is 5.97. The van der Waals surface area contributed by atoms with Crippen LogP contribution in [0, 0.1) is 0 Å². The topological polar surface area (TPSA) is 43.4 Å². The third-order valence-corrected chi connectivity index (χ3v) is 4.16. The average molecular weight is 373 g/mol. The van der Waals surface area contributed by atoms with Crippen molar-refractivity contribution in [2.75, 3.05) is 19.5 Å². The van der Waals surface area contributed by atoms with Crippen LogP contribution in [0.25, 0.3) is 10.8 Å². The van der Waals surface area contributed by atoms with Crippen LogP contribution in [0.1, 0.15) is 5.56 Å². The average Bonchev–Trinajstić information content (AvgIpc) is 2.59. The molecule has 1 heterocycles. The molecule has 23 heavy (non-hydrogen) atoms. The van der Waals surface area contributed by atoms with Crippen LogP contribution in [0.4, 0.5) is 5.82 Å². The van der Waals surface area contributed by atoms with Gasteiger partial charge in [0.05, 0.1) is 14.2 Å². The van der Waals surface area contributed by atoms with E-state index in [1.54, 1.807) is 14.2 Å². The highest BCUT2D eigenvalue weighted by atomic mass is 79.9. The van der Waals surface area contributed by atoms with Crippen molar-refractivity contribution in [3.05, 3.63) is 58.7 Å². The molecule has 0 bridgehead atoms. The number of ether oxygens (including phenoxy) is 2. The lowest BCUT2D eigenvalue weighted by atomic mass is 10.1. The van der Waals surface area contributed by atoms with Gasteiger partial charge < -0.3 is 14.8 Å². The van der Waals surface area contributed by atoms with Crippen molar-refractivity contribution in [1.29, 1.82) is 0 Å². The van der Waals surface area contributed by atoms with Gasteiger partial charge in [0, 0.05) is 34.2 Å². The Morgan fingerprint density at radius 2 is 1.91 bits per heavy atom. The van der Waals surface area contributed by atoms with Crippen LogP contribution in [0.3, 0.4) is 0 Å². The molecule has 0 aliphatic rings. The van der Waals surface area contributed by atoms with Crippen LogP contribution in [-0.4, -0.2) is 19.2 Å². The van der Waals surface area contributed by atoms with Gasteiger partial charge in [-0.15, -0.1) is 0 Å². The second kappa shape index (κ2) is 6.87. The maximum atomic E-state index is 5.43. The number of nitrogens with one attached hydrogen (secondary N) is 1. The molecule has 0 amide bonds. The Morgan fingerprint density at radius 3 is 2.70 bits per heavy atom. The fourth-order valence-corrected chi connectivity index (χ4v) is 2.82. The van der Waals surface area contributed by atoms with E-state index in [0.29, 0.717) is 6.54 Å². The Morgan fingerprint density at radius 1 is 1.04 bits per heavy atom. The number of hydrogen-bond donors (Lipinski definition) is 1. The van der Waals surface area contributed by atoms with Gasteiger partial charge in [0.25, 0.3) is 0 Å². The predicted molar refractivity (Wildman–Crippen MR) is 96.3 cm³/mol. The number of pyridine rings is 1. The van der Waals surface area contributed by atoms with E-state index in [1.807, 2.05) is 36.5 Å². The molecule has 1 N–H and O–H groups in total. The van der Waals surface area contributed by atoms with Gasteiger partial charge in [-0.05, 0) is 35.7 Å². The Hall–Kier alpha value is -2.27. The summed E-state index contributed by atoms with van der Waals surface area (Å²) < 4.78 is 11.7. The van der Waals surface area contributed by atoms with Gasteiger partial charge in [0.1, 0.15) is 17.3 Å². The molecule has 1 aromatic heterocycles. The van der Waals surface area contributed by atoms with Crippen LogP contribution < -0.4 is 14.8 Å². The van der Waals surface area contributed by atoms with E-state index in [0.717, 1.165) is 38.1 Å². The molecule has 0 atom stereocenters. The van der Waals surface area contributed by atoms with Crippen molar-refractivity contribution in [3.63, 3.8) is 0 Å². The van der Waals surface area contributed by atoms with Crippen molar-refractivity contribution >= 4 is 32.5 Å². The van der Waals surface area contributed by atoms with E-state index in [2.05, 4.69) is 38.4 Å². The molecule has 0 aliphatic carbocycles. The number of nitrogens with zero attached hydrogens (tertiary/aromatic N) is 1. The fraction of sp³-hybridized carbons (Fsp3) is 0.167. The summed E-state index contributed by atoms with van der Waals surface area (Å²) >= 11 is 3.51. The summed E-state index contributed by atoms with van der Waals surface area (Å²) in [6.07, 6.45) is 1.81. The molecule has 5 heteroatoms. The molecule has 3 aromatic rings. The maximum absolute atomic E-state index is 5.43. The van der Waals surface area contributed by atoms with Gasteiger partial charge in [-0.1, -0.05) is 22.0 Å². The first kappa shape index (κ1) is 15.6. The summed E-state index contributed by atoms with van der Waals surface area (Å²) in [5.41, 5.74) is 1.04. The molecule has 0 saturated carbocycles. The molecule has 0 fully saturated rings. The van der Waals surface area contributed by atoms with Crippen LogP contribution in [0.2, 0.25) is 0 Å². The summed E-state index contributed by atoms with van der Waals surface area (Å²) in [4.78, 5) is 4.45. The van der Waals surface area contributed by atoms with Gasteiger partial charge in [-0.25, -0.2) is 4.98 Å². The van der Waals surface area contributed by atoms with Crippen molar-refractivity contribution in [2.24, 2.45) is 0 Å². The highest BCUT2D eigenvalue weighted by molar-refractivity contribution is 9.10. The SMILES string of the molecule is COc1ccc(CNc2nccc3ccc(Br)cc23)c(OC)c1. The first-order valence-corrected chi connectivity index (χ1v) is 7.99. The van der Waals surface area contributed by atoms with E-state index >= 15 is 0 Å². The molecule has 0 saturated heterocycles. The summed E-state index contributed by atoms with van der Waals surface area (Å²) in [5.74, 6) is 2.41. The summed E-state index contributed by atoms with van der Waals surface area (Å²) in [5, 5.41) is 5.61. The number of aromatic nitrogens is 1. The van der Waals surface area contributed by atoms with Crippen LogP contribution >= 0.6 is 15.9 Å². The number of halogens is 1. The Kier molecular flexibility index (Phi) is 4.67. The molecule has 3 rings (SSSR count). The monoisotopic (exact) mass is 372 g/mol.